The fraction of sp³-hybridized carbons (Fsp3) is 0.636. The third-order valence-electron chi connectivity index (χ3n) is 5.76. The van der Waals surface area contributed by atoms with E-state index in [2.05, 4.69) is 25.8 Å². The predicted molar refractivity (Wildman–Crippen MR) is 119 cm³/mol. The normalized spacial score (nSPS) is 23.6. The molecule has 0 unspecified atom stereocenters. The number of rotatable bonds is 7. The number of aryl methyl sites for hydroxylation is 1. The molecule has 0 spiro atoms. The number of aromatic nitrogens is 1. The Labute approximate surface area is 189 Å². The van der Waals surface area contributed by atoms with Crippen LogP contribution in [-0.2, 0) is 20.9 Å². The number of urea groups is 1. The zero-order valence-electron chi connectivity index (χ0n) is 19.3. The van der Waals surface area contributed by atoms with Gasteiger partial charge in [0.15, 0.2) is 0 Å². The highest BCUT2D eigenvalue weighted by Crippen LogP contribution is 2.24. The summed E-state index contributed by atoms with van der Waals surface area (Å²) in [7, 11) is 1.44. The summed E-state index contributed by atoms with van der Waals surface area (Å²) in [6.45, 7) is 7.73. The third-order valence-corrected chi connectivity index (χ3v) is 5.76. The van der Waals surface area contributed by atoms with E-state index in [1.165, 1.54) is 7.11 Å². The van der Waals surface area contributed by atoms with Crippen molar-refractivity contribution in [3.63, 3.8) is 0 Å². The molecule has 32 heavy (non-hydrogen) atoms. The first-order chi connectivity index (χ1) is 15.3. The summed E-state index contributed by atoms with van der Waals surface area (Å²) in [5.74, 6) is -0.461. The first kappa shape index (κ1) is 23.9. The van der Waals surface area contributed by atoms with Crippen molar-refractivity contribution in [2.45, 2.75) is 57.9 Å². The van der Waals surface area contributed by atoms with Gasteiger partial charge < -0.3 is 25.6 Å². The lowest BCUT2D eigenvalue weighted by Gasteiger charge is -2.25. The standard InChI is InChI=1S/C22H34N6O4/c1-14(2)24-22(31)25-16-8-17-10-27(11-18-15(3)6-5-7-23-18)12-19(21(30)28(17)9-16)26-20(29)13-32-4/h5-7,14,16-17,19H,8-13H2,1-4H3,(H,26,29)(H2,24,25,31)/t16-,17-,19-/m0/s1. The van der Waals surface area contributed by atoms with E-state index in [4.69, 9.17) is 4.74 Å². The fourth-order valence-corrected chi connectivity index (χ4v) is 4.36. The number of carbonyl (C=O) groups is 3. The molecule has 4 amide bonds. The molecule has 3 N–H and O–H groups in total. The Hall–Kier alpha value is -2.72. The maximum absolute atomic E-state index is 13.3. The molecule has 0 aliphatic carbocycles. The lowest BCUT2D eigenvalue weighted by molar-refractivity contribution is -0.137. The molecule has 10 nitrogen and oxygen atoms in total. The number of hydrogen-bond donors (Lipinski definition) is 3. The van der Waals surface area contributed by atoms with Crippen LogP contribution in [0.2, 0.25) is 0 Å². The van der Waals surface area contributed by atoms with Gasteiger partial charge in [-0.3, -0.25) is 19.5 Å². The molecule has 3 heterocycles. The van der Waals surface area contributed by atoms with Gasteiger partial charge in [-0.25, -0.2) is 4.79 Å². The number of carbonyl (C=O) groups excluding carboxylic acids is 3. The molecule has 3 atom stereocenters. The first-order valence-corrected chi connectivity index (χ1v) is 11.1. The topological polar surface area (TPSA) is 116 Å². The Bertz CT molecular complexity index is 832. The highest BCUT2D eigenvalue weighted by Gasteiger charge is 2.43. The van der Waals surface area contributed by atoms with Crippen LogP contribution < -0.4 is 16.0 Å². The van der Waals surface area contributed by atoms with E-state index in [1.807, 2.05) is 32.9 Å². The molecule has 176 valence electrons. The van der Waals surface area contributed by atoms with Crippen molar-refractivity contribution in [1.82, 2.24) is 30.7 Å². The second-order valence-corrected chi connectivity index (χ2v) is 8.86. The first-order valence-electron chi connectivity index (χ1n) is 11.1. The highest BCUT2D eigenvalue weighted by atomic mass is 16.5. The van der Waals surface area contributed by atoms with E-state index < -0.39 is 6.04 Å². The molecule has 0 aromatic carbocycles. The molecule has 1 aromatic heterocycles. The molecular formula is C22H34N6O4. The van der Waals surface area contributed by atoms with Crippen molar-refractivity contribution in [1.29, 1.82) is 0 Å². The fourth-order valence-electron chi connectivity index (χ4n) is 4.36. The van der Waals surface area contributed by atoms with Crippen LogP contribution in [0.25, 0.3) is 0 Å². The molecule has 3 rings (SSSR count). The van der Waals surface area contributed by atoms with Crippen LogP contribution in [0, 0.1) is 6.92 Å². The number of hydrogen-bond acceptors (Lipinski definition) is 6. The monoisotopic (exact) mass is 446 g/mol. The van der Waals surface area contributed by atoms with Crippen LogP contribution in [0.1, 0.15) is 31.5 Å². The number of nitrogens with zero attached hydrogens (tertiary/aromatic N) is 3. The quantitative estimate of drug-likeness (QED) is 0.544. The van der Waals surface area contributed by atoms with E-state index >= 15 is 0 Å². The minimum atomic E-state index is -0.685. The van der Waals surface area contributed by atoms with E-state index in [0.717, 1.165) is 11.3 Å². The lowest BCUT2D eigenvalue weighted by Crippen LogP contribution is -2.52. The maximum Gasteiger partial charge on any atom is 0.315 e. The summed E-state index contributed by atoms with van der Waals surface area (Å²) < 4.78 is 4.91. The molecule has 10 heteroatoms. The number of nitrogens with one attached hydrogen (secondary N) is 3. The number of amides is 4. The molecule has 2 aliphatic heterocycles. The molecule has 0 saturated carbocycles. The van der Waals surface area contributed by atoms with E-state index in [1.54, 1.807) is 11.1 Å². The molecule has 2 aliphatic rings. The Morgan fingerprint density at radius 3 is 2.72 bits per heavy atom. The van der Waals surface area contributed by atoms with Crippen molar-refractivity contribution in [2.75, 3.05) is 33.4 Å². The smallest absolute Gasteiger partial charge is 0.315 e. The average Bonchev–Trinajstić information content (AvgIpc) is 3.05. The summed E-state index contributed by atoms with van der Waals surface area (Å²) in [6, 6.07) is 2.82. The zero-order chi connectivity index (χ0) is 23.3. The summed E-state index contributed by atoms with van der Waals surface area (Å²) in [5, 5.41) is 8.62. The Kier molecular flexibility index (Phi) is 8.03. The Morgan fingerprint density at radius 1 is 1.25 bits per heavy atom. The molecule has 0 bridgehead atoms. The molecular weight excluding hydrogens is 412 g/mol. The van der Waals surface area contributed by atoms with Gasteiger partial charge >= 0.3 is 6.03 Å². The van der Waals surface area contributed by atoms with Gasteiger partial charge in [0.05, 0.1) is 11.7 Å². The van der Waals surface area contributed by atoms with E-state index in [-0.39, 0.29) is 42.6 Å². The van der Waals surface area contributed by atoms with E-state index in [0.29, 0.717) is 32.6 Å². The van der Waals surface area contributed by atoms with Gasteiger partial charge in [0.25, 0.3) is 0 Å². The van der Waals surface area contributed by atoms with Crippen LogP contribution in [0.4, 0.5) is 4.79 Å². The summed E-state index contributed by atoms with van der Waals surface area (Å²) >= 11 is 0. The van der Waals surface area contributed by atoms with Crippen LogP contribution in [-0.4, -0.2) is 90.1 Å². The number of ether oxygens (including phenoxy) is 1. The van der Waals surface area contributed by atoms with Crippen LogP contribution in [0.5, 0.6) is 0 Å². The minimum absolute atomic E-state index is 0.0290. The second kappa shape index (κ2) is 10.7. The number of fused-ring (bicyclic) bond motifs is 1. The minimum Gasteiger partial charge on any atom is -0.375 e. The molecule has 1 aromatic rings. The van der Waals surface area contributed by atoms with Crippen molar-refractivity contribution in [2.24, 2.45) is 0 Å². The average molecular weight is 447 g/mol. The number of pyridine rings is 1. The van der Waals surface area contributed by atoms with Gasteiger partial charge in [-0.2, -0.15) is 0 Å². The van der Waals surface area contributed by atoms with Gasteiger partial charge in [0.2, 0.25) is 11.8 Å². The SMILES string of the molecule is COCC(=O)N[C@H]1CN(Cc2ncccc2C)C[C@@H]2C[C@H](NC(=O)NC(C)C)CN2C1=O. The van der Waals surface area contributed by atoms with Crippen molar-refractivity contribution >= 4 is 17.8 Å². The molecule has 0 radical (unpaired) electrons. The molecule has 2 fully saturated rings. The third kappa shape index (κ3) is 6.17. The van der Waals surface area contributed by atoms with Crippen LogP contribution in [0.3, 0.4) is 0 Å². The van der Waals surface area contributed by atoms with Gasteiger partial charge in [0, 0.05) is 51.6 Å². The van der Waals surface area contributed by atoms with Crippen molar-refractivity contribution < 1.29 is 19.1 Å². The Morgan fingerprint density at radius 2 is 2.03 bits per heavy atom. The number of methoxy groups -OCH3 is 1. The highest BCUT2D eigenvalue weighted by molar-refractivity contribution is 5.89. The van der Waals surface area contributed by atoms with E-state index in [9.17, 15) is 14.4 Å². The van der Waals surface area contributed by atoms with Gasteiger partial charge in [-0.05, 0) is 38.8 Å². The van der Waals surface area contributed by atoms with Gasteiger partial charge in [0.1, 0.15) is 12.6 Å². The largest absolute Gasteiger partial charge is 0.375 e. The maximum atomic E-state index is 13.3. The summed E-state index contributed by atoms with van der Waals surface area (Å²) in [6.07, 6.45) is 2.42. The summed E-state index contributed by atoms with van der Waals surface area (Å²) in [4.78, 5) is 46.2. The lowest BCUT2D eigenvalue weighted by atomic mass is 10.1. The van der Waals surface area contributed by atoms with Crippen molar-refractivity contribution in [3.8, 4) is 0 Å². The summed E-state index contributed by atoms with van der Waals surface area (Å²) in [5.41, 5.74) is 2.02. The predicted octanol–water partition coefficient (Wildman–Crippen LogP) is 0.0139. The van der Waals surface area contributed by atoms with Gasteiger partial charge in [-0.15, -0.1) is 0 Å². The van der Waals surface area contributed by atoms with Crippen LogP contribution in [0.15, 0.2) is 18.3 Å². The van der Waals surface area contributed by atoms with Crippen molar-refractivity contribution in [3.05, 3.63) is 29.6 Å². The second-order valence-electron chi connectivity index (χ2n) is 8.86. The zero-order valence-corrected chi connectivity index (χ0v) is 19.3. The van der Waals surface area contributed by atoms with Gasteiger partial charge in [-0.1, -0.05) is 6.07 Å². The Balaban J connectivity index is 1.76. The van der Waals surface area contributed by atoms with Crippen LogP contribution >= 0.6 is 0 Å². The molecule has 2 saturated heterocycles.